The van der Waals surface area contributed by atoms with E-state index in [0.29, 0.717) is 13.0 Å². The first-order chi connectivity index (χ1) is 8.08. The van der Waals surface area contributed by atoms with Gasteiger partial charge in [-0.25, -0.2) is 0 Å². The molecule has 6 nitrogen and oxygen atoms in total. The highest BCUT2D eigenvalue weighted by atomic mass is 16.5. The number of amides is 1. The Hall–Kier alpha value is -0.690. The second-order valence-electron chi connectivity index (χ2n) is 4.39. The Morgan fingerprint density at radius 1 is 1.65 bits per heavy atom. The van der Waals surface area contributed by atoms with Crippen LogP contribution in [-0.2, 0) is 14.3 Å². The summed E-state index contributed by atoms with van der Waals surface area (Å²) >= 11 is 0. The molecule has 3 unspecified atom stereocenters. The molecule has 1 amide bonds. The smallest absolute Gasteiger partial charge is 0.251 e. The van der Waals surface area contributed by atoms with Crippen molar-refractivity contribution < 1.29 is 19.4 Å². The fraction of sp³-hybridized carbons (Fsp3) is 0.909. The van der Waals surface area contributed by atoms with E-state index in [1.807, 2.05) is 0 Å². The van der Waals surface area contributed by atoms with Crippen LogP contribution in [-0.4, -0.2) is 68.1 Å². The third-order valence-electron chi connectivity index (χ3n) is 2.87. The number of aliphatic hydroxyl groups excluding tert-OH is 1. The molecule has 1 aliphatic heterocycles. The third kappa shape index (κ3) is 4.23. The van der Waals surface area contributed by atoms with Gasteiger partial charge in [-0.05, 0) is 12.8 Å². The minimum Gasteiger partial charge on any atom is -0.389 e. The Bertz CT molecular complexity index is 250. The first-order valence-electron chi connectivity index (χ1n) is 5.86. The minimum absolute atomic E-state index is 0.0127. The van der Waals surface area contributed by atoms with Crippen molar-refractivity contribution in [3.8, 4) is 0 Å². The van der Waals surface area contributed by atoms with Crippen LogP contribution in [0.5, 0.6) is 0 Å². The molecule has 0 spiro atoms. The Morgan fingerprint density at radius 2 is 2.35 bits per heavy atom. The van der Waals surface area contributed by atoms with Crippen molar-refractivity contribution in [1.29, 1.82) is 0 Å². The van der Waals surface area contributed by atoms with Crippen LogP contribution in [0.15, 0.2) is 0 Å². The summed E-state index contributed by atoms with van der Waals surface area (Å²) in [5.74, 6) is -0.101. The van der Waals surface area contributed by atoms with E-state index in [9.17, 15) is 9.90 Å². The largest absolute Gasteiger partial charge is 0.389 e. The van der Waals surface area contributed by atoms with E-state index < -0.39 is 12.2 Å². The zero-order valence-electron chi connectivity index (χ0n) is 10.5. The zero-order chi connectivity index (χ0) is 12.8. The molecule has 3 atom stereocenters. The second-order valence-corrected chi connectivity index (χ2v) is 4.39. The molecule has 0 saturated carbocycles. The molecule has 0 aromatic rings. The maximum absolute atomic E-state index is 12.0. The van der Waals surface area contributed by atoms with Crippen molar-refractivity contribution in [2.24, 2.45) is 5.73 Å². The highest BCUT2D eigenvalue weighted by Crippen LogP contribution is 2.20. The van der Waals surface area contributed by atoms with Gasteiger partial charge in [-0.15, -0.1) is 0 Å². The lowest BCUT2D eigenvalue weighted by atomic mass is 10.2. The number of carbonyl (C=O) groups is 1. The molecule has 100 valence electrons. The number of carbonyl (C=O) groups excluding carboxylic acids is 1. The summed E-state index contributed by atoms with van der Waals surface area (Å²) in [6, 6.07) is 0. The first kappa shape index (κ1) is 14.4. The van der Waals surface area contributed by atoms with E-state index in [-0.39, 0.29) is 25.2 Å². The number of methoxy groups -OCH3 is 1. The average Bonchev–Trinajstić information content (AvgIpc) is 2.76. The van der Waals surface area contributed by atoms with Crippen LogP contribution in [0.25, 0.3) is 0 Å². The summed E-state index contributed by atoms with van der Waals surface area (Å²) in [7, 11) is 3.16. The molecule has 0 radical (unpaired) electrons. The lowest BCUT2D eigenvalue weighted by molar-refractivity contribution is -0.143. The molecule has 0 aromatic carbocycles. The van der Waals surface area contributed by atoms with E-state index in [2.05, 4.69) is 0 Å². The molecule has 1 saturated heterocycles. The van der Waals surface area contributed by atoms with Crippen molar-refractivity contribution in [3.05, 3.63) is 0 Å². The van der Waals surface area contributed by atoms with Gasteiger partial charge >= 0.3 is 0 Å². The summed E-state index contributed by atoms with van der Waals surface area (Å²) in [6.07, 6.45) is 0.428. The number of hydrogen-bond acceptors (Lipinski definition) is 5. The summed E-state index contributed by atoms with van der Waals surface area (Å²) < 4.78 is 10.3. The maximum atomic E-state index is 12.0. The number of likely N-dealkylation sites (N-methyl/N-ethyl adjacent to an activating group) is 1. The van der Waals surface area contributed by atoms with Crippen LogP contribution in [0, 0.1) is 0 Å². The van der Waals surface area contributed by atoms with Crippen LogP contribution in [0.4, 0.5) is 0 Å². The van der Waals surface area contributed by atoms with E-state index in [1.54, 1.807) is 7.05 Å². The van der Waals surface area contributed by atoms with Gasteiger partial charge in [0, 0.05) is 27.2 Å². The Kier molecular flexibility index (Phi) is 5.84. The highest BCUT2D eigenvalue weighted by Gasteiger charge is 2.32. The van der Waals surface area contributed by atoms with Crippen LogP contribution in [0.3, 0.4) is 0 Å². The molecule has 3 N–H and O–H groups in total. The fourth-order valence-corrected chi connectivity index (χ4v) is 1.96. The quantitative estimate of drug-likeness (QED) is 0.625. The average molecular weight is 246 g/mol. The van der Waals surface area contributed by atoms with Crippen LogP contribution in [0.1, 0.15) is 12.8 Å². The monoisotopic (exact) mass is 246 g/mol. The van der Waals surface area contributed by atoms with Gasteiger partial charge in [-0.3, -0.25) is 4.79 Å². The van der Waals surface area contributed by atoms with Crippen molar-refractivity contribution in [1.82, 2.24) is 4.90 Å². The van der Waals surface area contributed by atoms with Crippen LogP contribution < -0.4 is 5.73 Å². The van der Waals surface area contributed by atoms with Gasteiger partial charge in [0.1, 0.15) is 6.10 Å². The number of rotatable bonds is 6. The third-order valence-corrected chi connectivity index (χ3v) is 2.87. The number of hydrogen-bond donors (Lipinski definition) is 2. The predicted molar refractivity (Wildman–Crippen MR) is 62.5 cm³/mol. The van der Waals surface area contributed by atoms with Gasteiger partial charge in [0.15, 0.2) is 0 Å². The molecule has 0 aliphatic carbocycles. The number of nitrogens with zero attached hydrogens (tertiary/aromatic N) is 1. The summed E-state index contributed by atoms with van der Waals surface area (Å²) in [6.45, 7) is 0.911. The number of nitrogens with two attached hydrogens (primary N) is 1. The van der Waals surface area contributed by atoms with E-state index >= 15 is 0 Å². The molecular formula is C11H22N2O4. The zero-order valence-corrected chi connectivity index (χ0v) is 10.5. The van der Waals surface area contributed by atoms with E-state index in [1.165, 1.54) is 12.0 Å². The summed E-state index contributed by atoms with van der Waals surface area (Å²) in [5, 5.41) is 9.53. The molecular weight excluding hydrogens is 224 g/mol. The van der Waals surface area contributed by atoms with Gasteiger partial charge in [-0.1, -0.05) is 0 Å². The topological polar surface area (TPSA) is 85.0 Å². The number of aliphatic hydroxyl groups is 1. The standard InChI is InChI=1S/C11H22N2O4/c1-13(6-8(14)7-16-2)11(15)10-4-3-9(5-12)17-10/h8-10,14H,3-7,12H2,1-2H3. The van der Waals surface area contributed by atoms with E-state index in [0.717, 1.165) is 6.42 Å². The van der Waals surface area contributed by atoms with Crippen LogP contribution >= 0.6 is 0 Å². The van der Waals surface area contributed by atoms with Gasteiger partial charge in [0.25, 0.3) is 5.91 Å². The first-order valence-corrected chi connectivity index (χ1v) is 5.86. The minimum atomic E-state index is -0.666. The molecule has 1 aliphatic rings. The lowest BCUT2D eigenvalue weighted by Crippen LogP contribution is -2.42. The Balaban J connectivity index is 2.36. The van der Waals surface area contributed by atoms with Gasteiger partial charge in [0.05, 0.1) is 18.8 Å². The summed E-state index contributed by atoms with van der Waals surface area (Å²) in [5.41, 5.74) is 5.49. The normalized spacial score (nSPS) is 25.9. The molecule has 1 rings (SSSR count). The molecule has 0 aromatic heterocycles. The van der Waals surface area contributed by atoms with Crippen molar-refractivity contribution in [3.63, 3.8) is 0 Å². The SMILES string of the molecule is COCC(O)CN(C)C(=O)C1CCC(CN)O1. The maximum Gasteiger partial charge on any atom is 0.251 e. The predicted octanol–water partition coefficient (Wildman–Crippen LogP) is -1.04. The van der Waals surface area contributed by atoms with Crippen molar-refractivity contribution >= 4 is 5.91 Å². The highest BCUT2D eigenvalue weighted by molar-refractivity contribution is 5.81. The summed E-state index contributed by atoms with van der Waals surface area (Å²) in [4.78, 5) is 13.4. The second kappa shape index (κ2) is 6.90. The van der Waals surface area contributed by atoms with Crippen LogP contribution in [0.2, 0.25) is 0 Å². The molecule has 1 fully saturated rings. The van der Waals surface area contributed by atoms with Crippen molar-refractivity contribution in [2.45, 2.75) is 31.2 Å². The molecule has 1 heterocycles. The Labute approximate surface area is 102 Å². The Morgan fingerprint density at radius 3 is 2.88 bits per heavy atom. The van der Waals surface area contributed by atoms with Gasteiger partial charge in [-0.2, -0.15) is 0 Å². The lowest BCUT2D eigenvalue weighted by Gasteiger charge is -2.23. The van der Waals surface area contributed by atoms with Gasteiger partial charge < -0.3 is 25.2 Å². The van der Waals surface area contributed by atoms with Gasteiger partial charge in [0.2, 0.25) is 0 Å². The fourth-order valence-electron chi connectivity index (χ4n) is 1.96. The molecule has 0 bridgehead atoms. The molecule has 6 heteroatoms. The molecule has 17 heavy (non-hydrogen) atoms. The van der Waals surface area contributed by atoms with Crippen molar-refractivity contribution in [2.75, 3.05) is 33.9 Å². The van der Waals surface area contributed by atoms with E-state index in [4.69, 9.17) is 15.2 Å². The number of ether oxygens (including phenoxy) is 2.